The van der Waals surface area contributed by atoms with Gasteiger partial charge in [-0.05, 0) is 37.8 Å². The Kier molecular flexibility index (Phi) is 6.27. The molecule has 0 saturated heterocycles. The van der Waals surface area contributed by atoms with Crippen molar-refractivity contribution in [2.45, 2.75) is 76.3 Å². The van der Waals surface area contributed by atoms with Crippen molar-refractivity contribution in [2.75, 3.05) is 10.2 Å². The molecule has 2 saturated carbocycles. The number of aromatic carboxylic acids is 1. The molecule has 6 nitrogen and oxygen atoms in total. The Hall–Kier alpha value is -2.63. The molecule has 6 heteroatoms. The predicted molar refractivity (Wildman–Crippen MR) is 112 cm³/mol. The summed E-state index contributed by atoms with van der Waals surface area (Å²) < 4.78 is 0. The summed E-state index contributed by atoms with van der Waals surface area (Å²) in [7, 11) is 0. The highest BCUT2D eigenvalue weighted by Gasteiger charge is 2.30. The van der Waals surface area contributed by atoms with Gasteiger partial charge in [0.2, 0.25) is 5.95 Å². The minimum Gasteiger partial charge on any atom is -0.545 e. The minimum absolute atomic E-state index is 0.129. The van der Waals surface area contributed by atoms with Gasteiger partial charge in [-0.25, -0.2) is 4.98 Å². The zero-order chi connectivity index (χ0) is 20.1. The second-order valence-corrected chi connectivity index (χ2v) is 8.19. The lowest BCUT2D eigenvalue weighted by atomic mass is 9.89. The molecule has 29 heavy (non-hydrogen) atoms. The van der Waals surface area contributed by atoms with E-state index < -0.39 is 5.97 Å². The molecule has 0 unspecified atom stereocenters. The summed E-state index contributed by atoms with van der Waals surface area (Å²) in [6.45, 7) is 0. The quantitative estimate of drug-likeness (QED) is 0.797. The van der Waals surface area contributed by atoms with Crippen molar-refractivity contribution in [1.82, 2.24) is 9.97 Å². The summed E-state index contributed by atoms with van der Waals surface area (Å²) in [5.41, 5.74) is 0.614. The minimum atomic E-state index is -1.20. The van der Waals surface area contributed by atoms with Gasteiger partial charge in [0, 0.05) is 29.5 Å². The summed E-state index contributed by atoms with van der Waals surface area (Å²) in [5, 5.41) is 14.6. The normalized spacial score (nSPS) is 18.3. The SMILES string of the molecule is O=C([O-])c1ccccc1Nc1ccnc(N(C2CCCCC2)C2CCCCC2)n1. The van der Waals surface area contributed by atoms with Gasteiger partial charge in [-0.3, -0.25) is 0 Å². The number of carboxylic acids is 1. The molecule has 0 bridgehead atoms. The number of aromatic nitrogens is 2. The third-order valence-corrected chi connectivity index (χ3v) is 6.22. The zero-order valence-electron chi connectivity index (χ0n) is 16.8. The highest BCUT2D eigenvalue weighted by Crippen LogP contribution is 2.33. The van der Waals surface area contributed by atoms with E-state index >= 15 is 0 Å². The third-order valence-electron chi connectivity index (χ3n) is 6.22. The molecular formula is C23H29N4O2-. The molecule has 1 N–H and O–H groups in total. The maximum Gasteiger partial charge on any atom is 0.227 e. The van der Waals surface area contributed by atoms with Crippen molar-refractivity contribution in [3.05, 3.63) is 42.1 Å². The van der Waals surface area contributed by atoms with Gasteiger partial charge >= 0.3 is 0 Å². The van der Waals surface area contributed by atoms with Crippen molar-refractivity contribution in [2.24, 2.45) is 0 Å². The van der Waals surface area contributed by atoms with Crippen LogP contribution in [0.3, 0.4) is 0 Å². The molecule has 1 heterocycles. The smallest absolute Gasteiger partial charge is 0.227 e. The summed E-state index contributed by atoms with van der Waals surface area (Å²) in [6, 6.07) is 9.54. The standard InChI is InChI=1S/C23H30N4O2/c28-22(29)19-13-7-8-14-20(19)25-21-15-16-24-23(26-21)27(17-9-3-1-4-10-17)18-11-5-2-6-12-18/h7-8,13-18H,1-6,9-12H2,(H,28,29)(H,24,25,26)/p-1. The lowest BCUT2D eigenvalue weighted by Gasteiger charge is -2.41. The van der Waals surface area contributed by atoms with Crippen LogP contribution in [0.5, 0.6) is 0 Å². The van der Waals surface area contributed by atoms with Crippen LogP contribution in [0.1, 0.15) is 74.6 Å². The van der Waals surface area contributed by atoms with Crippen LogP contribution in [0.2, 0.25) is 0 Å². The topological polar surface area (TPSA) is 81.2 Å². The number of hydrogen-bond donors (Lipinski definition) is 1. The van der Waals surface area contributed by atoms with E-state index in [1.165, 1.54) is 70.3 Å². The van der Waals surface area contributed by atoms with Crippen LogP contribution in [-0.4, -0.2) is 28.0 Å². The first-order chi connectivity index (χ1) is 14.2. The monoisotopic (exact) mass is 393 g/mol. The molecule has 2 aromatic rings. The zero-order valence-corrected chi connectivity index (χ0v) is 16.8. The van der Waals surface area contributed by atoms with Crippen LogP contribution in [0.25, 0.3) is 0 Å². The summed E-state index contributed by atoms with van der Waals surface area (Å²) in [5.74, 6) is 0.175. The van der Waals surface area contributed by atoms with E-state index in [-0.39, 0.29) is 5.56 Å². The lowest BCUT2D eigenvalue weighted by Crippen LogP contribution is -2.46. The fraction of sp³-hybridized carbons (Fsp3) is 0.522. The highest BCUT2D eigenvalue weighted by molar-refractivity contribution is 5.93. The van der Waals surface area contributed by atoms with Crippen molar-refractivity contribution in [3.63, 3.8) is 0 Å². The van der Waals surface area contributed by atoms with E-state index in [0.717, 1.165) is 5.95 Å². The van der Waals surface area contributed by atoms with Gasteiger partial charge in [-0.2, -0.15) is 4.98 Å². The number of hydrogen-bond acceptors (Lipinski definition) is 6. The number of nitrogens with one attached hydrogen (secondary N) is 1. The van der Waals surface area contributed by atoms with Gasteiger partial charge in [0.05, 0.1) is 5.97 Å². The molecule has 0 amide bonds. The number of rotatable bonds is 6. The Balaban J connectivity index is 1.61. The van der Waals surface area contributed by atoms with E-state index in [4.69, 9.17) is 4.98 Å². The molecule has 0 aliphatic heterocycles. The van der Waals surface area contributed by atoms with Gasteiger partial charge in [0.25, 0.3) is 0 Å². The van der Waals surface area contributed by atoms with Gasteiger partial charge in [-0.15, -0.1) is 0 Å². The lowest BCUT2D eigenvalue weighted by molar-refractivity contribution is -0.254. The van der Waals surface area contributed by atoms with Gasteiger partial charge in [0.15, 0.2) is 0 Å². The molecule has 0 radical (unpaired) electrons. The molecular weight excluding hydrogens is 364 g/mol. The van der Waals surface area contributed by atoms with Gasteiger partial charge < -0.3 is 20.1 Å². The van der Waals surface area contributed by atoms with Crippen LogP contribution >= 0.6 is 0 Å². The van der Waals surface area contributed by atoms with E-state index in [1.54, 1.807) is 30.5 Å². The Labute approximate surface area is 172 Å². The number of carbonyl (C=O) groups is 1. The maximum atomic E-state index is 11.4. The number of carboxylic acid groups (broad SMARTS) is 1. The molecule has 154 valence electrons. The van der Waals surface area contributed by atoms with Crippen LogP contribution in [0, 0.1) is 0 Å². The van der Waals surface area contributed by atoms with Crippen molar-refractivity contribution in [1.29, 1.82) is 0 Å². The Bertz CT molecular complexity index is 811. The van der Waals surface area contributed by atoms with Crippen molar-refractivity contribution < 1.29 is 9.90 Å². The number of anilines is 3. The first-order valence-corrected chi connectivity index (χ1v) is 10.9. The predicted octanol–water partition coefficient (Wildman–Crippen LogP) is 4.06. The first kappa shape index (κ1) is 19.7. The van der Waals surface area contributed by atoms with Crippen molar-refractivity contribution in [3.8, 4) is 0 Å². The highest BCUT2D eigenvalue weighted by atomic mass is 16.4. The molecule has 2 aliphatic rings. The molecule has 1 aromatic heterocycles. The first-order valence-electron chi connectivity index (χ1n) is 10.9. The number of carbonyl (C=O) groups excluding carboxylic acids is 1. The molecule has 2 aliphatic carbocycles. The molecule has 2 fully saturated rings. The molecule has 0 spiro atoms. The maximum absolute atomic E-state index is 11.4. The Morgan fingerprint density at radius 3 is 2.17 bits per heavy atom. The fourth-order valence-corrected chi connectivity index (χ4v) is 4.79. The largest absolute Gasteiger partial charge is 0.545 e. The van der Waals surface area contributed by atoms with Gasteiger partial charge in [0.1, 0.15) is 5.82 Å². The number of benzene rings is 1. The van der Waals surface area contributed by atoms with E-state index in [9.17, 15) is 9.90 Å². The molecule has 0 atom stereocenters. The average Bonchev–Trinajstić information content (AvgIpc) is 2.76. The van der Waals surface area contributed by atoms with E-state index in [2.05, 4.69) is 15.2 Å². The number of para-hydroxylation sites is 1. The Morgan fingerprint density at radius 1 is 0.931 bits per heavy atom. The van der Waals surface area contributed by atoms with Crippen LogP contribution < -0.4 is 15.3 Å². The fourth-order valence-electron chi connectivity index (χ4n) is 4.79. The van der Waals surface area contributed by atoms with Crippen LogP contribution in [-0.2, 0) is 0 Å². The van der Waals surface area contributed by atoms with Crippen molar-refractivity contribution >= 4 is 23.4 Å². The van der Waals surface area contributed by atoms with E-state index in [1.807, 2.05) is 0 Å². The van der Waals surface area contributed by atoms with Gasteiger partial charge in [-0.1, -0.05) is 56.7 Å². The Morgan fingerprint density at radius 2 is 1.55 bits per heavy atom. The number of nitrogens with zero attached hydrogens (tertiary/aromatic N) is 3. The van der Waals surface area contributed by atoms with Crippen LogP contribution in [0.4, 0.5) is 17.5 Å². The summed E-state index contributed by atoms with van der Waals surface area (Å²) in [6.07, 6.45) is 14.3. The average molecular weight is 394 g/mol. The molecule has 1 aromatic carbocycles. The molecule has 4 rings (SSSR count). The summed E-state index contributed by atoms with van der Waals surface area (Å²) in [4.78, 5) is 23.3. The second kappa shape index (κ2) is 9.25. The summed E-state index contributed by atoms with van der Waals surface area (Å²) >= 11 is 0. The van der Waals surface area contributed by atoms with E-state index in [0.29, 0.717) is 23.6 Å². The third kappa shape index (κ3) is 4.69. The second-order valence-electron chi connectivity index (χ2n) is 8.19. The van der Waals surface area contributed by atoms with Crippen LogP contribution in [0.15, 0.2) is 36.5 Å².